The van der Waals surface area contributed by atoms with Crippen molar-refractivity contribution in [2.24, 2.45) is 0 Å². The van der Waals surface area contributed by atoms with E-state index in [1.54, 1.807) is 0 Å². The molecule has 1 aromatic heterocycles. The number of piperidine rings is 1. The maximum atomic E-state index is 10.6. The quantitative estimate of drug-likeness (QED) is 0.514. The second kappa shape index (κ2) is 13.7. The van der Waals surface area contributed by atoms with Crippen molar-refractivity contribution in [3.63, 3.8) is 0 Å². The Morgan fingerprint density at radius 2 is 1.46 bits per heavy atom. The van der Waals surface area contributed by atoms with Crippen molar-refractivity contribution in [3.8, 4) is 0 Å². The van der Waals surface area contributed by atoms with Crippen LogP contribution < -0.4 is 5.32 Å². The number of carboxylic acids is 2. The van der Waals surface area contributed by atoms with Crippen molar-refractivity contribution in [2.75, 3.05) is 13.1 Å². The molecule has 1 aliphatic rings. The molecule has 1 fully saturated rings. The summed E-state index contributed by atoms with van der Waals surface area (Å²) in [6.07, 6.45) is -3.38. The van der Waals surface area contributed by atoms with E-state index in [0.29, 0.717) is 5.92 Å². The van der Waals surface area contributed by atoms with Crippen LogP contribution in [0.15, 0.2) is 36.5 Å². The highest BCUT2D eigenvalue weighted by Gasteiger charge is 2.38. The molecule has 0 radical (unpaired) electrons. The third kappa shape index (κ3) is 10.8. The van der Waals surface area contributed by atoms with Crippen molar-refractivity contribution >= 4 is 11.9 Å². The van der Waals surface area contributed by atoms with Gasteiger partial charge in [-0.3, -0.25) is 4.68 Å². The largest absolute Gasteiger partial charge is 0.490 e. The molecule has 0 saturated carbocycles. The van der Waals surface area contributed by atoms with Gasteiger partial charge in [-0.25, -0.2) is 9.59 Å². The number of alkyl halides is 6. The fraction of sp³-hybridized carbons (Fsp3) is 0.500. The minimum Gasteiger partial charge on any atom is -0.475 e. The van der Waals surface area contributed by atoms with E-state index in [9.17, 15) is 26.3 Å². The van der Waals surface area contributed by atoms with Crippen LogP contribution in [0.3, 0.4) is 0 Å². The SMILES string of the molecule is CCn1ncc(CCc2ccccc2)c1C1CCNCC1.O=C(O)C(F)(F)F.O=C(O)C(F)(F)F. The average Bonchev–Trinajstić information content (AvgIpc) is 3.21. The molecule has 1 aromatic carbocycles. The number of aryl methyl sites for hydroxylation is 3. The highest BCUT2D eigenvalue weighted by atomic mass is 19.4. The number of nitrogens with one attached hydrogen (secondary N) is 1. The summed E-state index contributed by atoms with van der Waals surface area (Å²) in [6.45, 7) is 5.44. The second-order valence-corrected chi connectivity index (χ2v) is 7.49. The van der Waals surface area contributed by atoms with Crippen LogP contribution >= 0.6 is 0 Å². The molecule has 0 aliphatic carbocycles. The number of nitrogens with zero attached hydrogens (tertiary/aromatic N) is 2. The number of halogens is 6. The maximum Gasteiger partial charge on any atom is 0.490 e. The predicted octanol–water partition coefficient (Wildman–Crippen LogP) is 4.42. The van der Waals surface area contributed by atoms with Gasteiger partial charge in [0.2, 0.25) is 0 Å². The Morgan fingerprint density at radius 3 is 1.89 bits per heavy atom. The summed E-state index contributed by atoms with van der Waals surface area (Å²) in [5.41, 5.74) is 4.36. The second-order valence-electron chi connectivity index (χ2n) is 7.49. The molecule has 2 aromatic rings. The van der Waals surface area contributed by atoms with E-state index in [0.717, 1.165) is 32.5 Å². The molecule has 13 heteroatoms. The molecule has 2 heterocycles. The maximum absolute atomic E-state index is 10.6. The summed E-state index contributed by atoms with van der Waals surface area (Å²) in [5, 5.41) is 22.3. The van der Waals surface area contributed by atoms with Gasteiger partial charge in [-0.2, -0.15) is 31.4 Å². The van der Waals surface area contributed by atoms with Crippen molar-refractivity contribution in [1.82, 2.24) is 15.1 Å². The monoisotopic (exact) mass is 511 g/mol. The fourth-order valence-corrected chi connectivity index (χ4v) is 3.37. The molecule has 0 atom stereocenters. The van der Waals surface area contributed by atoms with E-state index in [-0.39, 0.29) is 0 Å². The standard InChI is InChI=1S/C18H25N3.2C2HF3O2/c1-2-21-18(16-10-12-19-13-11-16)17(14-20-21)9-8-15-6-4-3-5-7-15;2*3-2(4,5)1(6)7/h3-7,14,16,19H,2,8-13H2,1H3;2*(H,6,7). The highest BCUT2D eigenvalue weighted by Crippen LogP contribution is 2.29. The third-order valence-electron chi connectivity index (χ3n) is 5.00. The van der Waals surface area contributed by atoms with E-state index < -0.39 is 24.3 Å². The first kappa shape index (κ1) is 29.9. The van der Waals surface area contributed by atoms with Gasteiger partial charge in [0, 0.05) is 18.2 Å². The van der Waals surface area contributed by atoms with E-state index in [1.165, 1.54) is 29.7 Å². The van der Waals surface area contributed by atoms with Gasteiger partial charge < -0.3 is 15.5 Å². The van der Waals surface area contributed by atoms with E-state index in [2.05, 4.69) is 58.5 Å². The van der Waals surface area contributed by atoms with Crippen LogP contribution in [0, 0.1) is 0 Å². The Labute approximate surface area is 197 Å². The Bertz CT molecular complexity index is 900. The first-order valence-corrected chi connectivity index (χ1v) is 10.7. The Balaban J connectivity index is 0.000000362. The molecular weight excluding hydrogens is 484 g/mol. The first-order chi connectivity index (χ1) is 16.3. The zero-order valence-corrected chi connectivity index (χ0v) is 18.9. The van der Waals surface area contributed by atoms with Crippen LogP contribution in [0.1, 0.15) is 42.5 Å². The van der Waals surface area contributed by atoms with Crippen molar-refractivity contribution < 1.29 is 46.1 Å². The fourth-order valence-electron chi connectivity index (χ4n) is 3.37. The van der Waals surface area contributed by atoms with Crippen molar-refractivity contribution in [3.05, 3.63) is 53.3 Å². The molecule has 0 spiro atoms. The number of aliphatic carboxylic acids is 2. The number of benzene rings is 1. The normalized spacial score (nSPS) is 14.3. The molecule has 0 amide bonds. The lowest BCUT2D eigenvalue weighted by atomic mass is 9.90. The zero-order valence-electron chi connectivity index (χ0n) is 18.9. The predicted molar refractivity (Wildman–Crippen MR) is 114 cm³/mol. The molecule has 0 bridgehead atoms. The summed E-state index contributed by atoms with van der Waals surface area (Å²) in [5.74, 6) is -4.83. The van der Waals surface area contributed by atoms with Crippen LogP contribution in [0.25, 0.3) is 0 Å². The molecule has 1 saturated heterocycles. The molecule has 1 aliphatic heterocycles. The van der Waals surface area contributed by atoms with Gasteiger partial charge >= 0.3 is 24.3 Å². The van der Waals surface area contributed by atoms with Gasteiger partial charge in [0.1, 0.15) is 0 Å². The minimum absolute atomic E-state index is 0.680. The van der Waals surface area contributed by atoms with Crippen molar-refractivity contribution in [1.29, 1.82) is 0 Å². The minimum atomic E-state index is -5.08. The smallest absolute Gasteiger partial charge is 0.475 e. The summed E-state index contributed by atoms with van der Waals surface area (Å²) < 4.78 is 65.7. The molecule has 3 rings (SSSR count). The zero-order chi connectivity index (χ0) is 26.6. The van der Waals surface area contributed by atoms with Crippen LogP contribution in [-0.4, -0.2) is 57.4 Å². The average molecular weight is 511 g/mol. The van der Waals surface area contributed by atoms with Crippen LogP contribution in [-0.2, 0) is 29.0 Å². The van der Waals surface area contributed by atoms with Crippen molar-refractivity contribution in [2.45, 2.75) is 57.4 Å². The summed E-state index contributed by atoms with van der Waals surface area (Å²) in [7, 11) is 0. The Morgan fingerprint density at radius 1 is 0.971 bits per heavy atom. The van der Waals surface area contributed by atoms with Crippen LogP contribution in [0.4, 0.5) is 26.3 Å². The van der Waals surface area contributed by atoms with Gasteiger partial charge in [0.05, 0.1) is 6.20 Å². The molecule has 0 unspecified atom stereocenters. The number of carbonyl (C=O) groups is 2. The van der Waals surface area contributed by atoms with Crippen LogP contribution in [0.5, 0.6) is 0 Å². The molecule has 35 heavy (non-hydrogen) atoms. The Kier molecular flexibility index (Phi) is 11.7. The van der Waals surface area contributed by atoms with E-state index >= 15 is 0 Å². The number of hydrogen-bond donors (Lipinski definition) is 3. The summed E-state index contributed by atoms with van der Waals surface area (Å²) in [4.78, 5) is 17.8. The van der Waals surface area contributed by atoms with Gasteiger partial charge in [0.25, 0.3) is 0 Å². The lowest BCUT2D eigenvalue weighted by Crippen LogP contribution is -2.28. The van der Waals surface area contributed by atoms with Gasteiger partial charge in [-0.15, -0.1) is 0 Å². The molecule has 7 nitrogen and oxygen atoms in total. The highest BCUT2D eigenvalue weighted by molar-refractivity contribution is 5.73. The molecule has 3 N–H and O–H groups in total. The number of carboxylic acid groups (broad SMARTS) is 2. The lowest BCUT2D eigenvalue weighted by molar-refractivity contribution is -0.193. The van der Waals surface area contributed by atoms with Gasteiger partial charge in [-0.05, 0) is 56.8 Å². The molecular formula is C22H27F6N3O4. The van der Waals surface area contributed by atoms with Crippen LogP contribution in [0.2, 0.25) is 0 Å². The lowest BCUT2D eigenvalue weighted by Gasteiger charge is -2.24. The summed E-state index contributed by atoms with van der Waals surface area (Å²) >= 11 is 0. The Hall–Kier alpha value is -3.09. The van der Waals surface area contributed by atoms with E-state index in [4.69, 9.17) is 19.8 Å². The number of rotatable bonds is 5. The van der Waals surface area contributed by atoms with Gasteiger partial charge in [0.15, 0.2) is 0 Å². The molecule has 196 valence electrons. The topological polar surface area (TPSA) is 104 Å². The number of aromatic nitrogens is 2. The van der Waals surface area contributed by atoms with Gasteiger partial charge in [-0.1, -0.05) is 30.3 Å². The summed E-state index contributed by atoms with van der Waals surface area (Å²) in [6, 6.07) is 10.8. The third-order valence-corrected chi connectivity index (χ3v) is 5.00. The van der Waals surface area contributed by atoms with E-state index in [1.807, 2.05) is 0 Å². The first-order valence-electron chi connectivity index (χ1n) is 10.7. The number of hydrogen-bond acceptors (Lipinski definition) is 4.